The minimum absolute atomic E-state index is 0.281. The van der Waals surface area contributed by atoms with E-state index in [4.69, 9.17) is 15.4 Å². The van der Waals surface area contributed by atoms with E-state index in [2.05, 4.69) is 4.84 Å². The quantitative estimate of drug-likeness (QED) is 0.771. The predicted octanol–water partition coefficient (Wildman–Crippen LogP) is 1.63. The maximum atomic E-state index is 5.79. The molecule has 0 aromatic heterocycles. The molecule has 1 spiro atoms. The molecule has 1 aromatic rings. The van der Waals surface area contributed by atoms with Crippen LogP contribution in [0.25, 0.3) is 0 Å². The third kappa shape index (κ3) is 1.74. The molecule has 0 bridgehead atoms. The molecule has 2 N–H and O–H groups in total. The highest BCUT2D eigenvalue weighted by molar-refractivity contribution is 5.43. The molecule has 0 radical (unpaired) electrons. The van der Waals surface area contributed by atoms with Gasteiger partial charge < -0.3 is 9.47 Å². The van der Waals surface area contributed by atoms with Crippen LogP contribution in [0.1, 0.15) is 18.4 Å². The maximum absolute atomic E-state index is 5.79. The van der Waals surface area contributed by atoms with E-state index in [9.17, 15) is 0 Å². The van der Waals surface area contributed by atoms with Gasteiger partial charge in [0.1, 0.15) is 0 Å². The molecule has 3 rings (SSSR count). The highest BCUT2D eigenvalue weighted by Crippen LogP contribution is 2.49. The van der Waals surface area contributed by atoms with Crippen molar-refractivity contribution in [3.63, 3.8) is 0 Å². The summed E-state index contributed by atoms with van der Waals surface area (Å²) in [6, 6.07) is 5.80. The van der Waals surface area contributed by atoms with Crippen LogP contribution in [0.5, 0.6) is 11.5 Å². The van der Waals surface area contributed by atoms with E-state index in [0.29, 0.717) is 6.61 Å². The molecule has 1 heterocycles. The van der Waals surface area contributed by atoms with E-state index in [1.165, 1.54) is 12.8 Å². The van der Waals surface area contributed by atoms with Crippen molar-refractivity contribution in [2.75, 3.05) is 13.2 Å². The molecule has 0 saturated heterocycles. The van der Waals surface area contributed by atoms with Gasteiger partial charge in [0.05, 0.1) is 19.8 Å². The summed E-state index contributed by atoms with van der Waals surface area (Å²) in [5.74, 6) is 6.68. The highest BCUT2D eigenvalue weighted by Gasteiger charge is 2.46. The number of hydrogen-bond acceptors (Lipinski definition) is 4. The summed E-state index contributed by atoms with van der Waals surface area (Å²) in [6.07, 6.45) is 2.42. The standard InChI is InChI=1S/C12H15NO3/c13-16-6-9-1-2-10-11(5-9)15-8-12(3-4-12)7-14-10/h1-2,5H,3-4,6-8,13H2. The van der Waals surface area contributed by atoms with E-state index in [0.717, 1.165) is 30.3 Å². The van der Waals surface area contributed by atoms with Crippen molar-refractivity contribution in [2.45, 2.75) is 19.4 Å². The average molecular weight is 221 g/mol. The molecular formula is C12H15NO3. The van der Waals surface area contributed by atoms with Gasteiger partial charge in [-0.1, -0.05) is 6.07 Å². The van der Waals surface area contributed by atoms with Crippen molar-refractivity contribution in [1.82, 2.24) is 0 Å². The molecule has 1 aromatic carbocycles. The van der Waals surface area contributed by atoms with Gasteiger partial charge in [-0.05, 0) is 30.5 Å². The van der Waals surface area contributed by atoms with Gasteiger partial charge in [0.15, 0.2) is 11.5 Å². The lowest BCUT2D eigenvalue weighted by Gasteiger charge is -2.08. The normalized spacial score (nSPS) is 20.6. The number of ether oxygens (including phenoxy) is 2. The van der Waals surface area contributed by atoms with Crippen molar-refractivity contribution in [1.29, 1.82) is 0 Å². The second kappa shape index (κ2) is 3.64. The first-order chi connectivity index (χ1) is 7.81. The third-order valence-corrected chi connectivity index (χ3v) is 3.28. The summed E-state index contributed by atoms with van der Waals surface area (Å²) in [5.41, 5.74) is 1.28. The second-order valence-electron chi connectivity index (χ2n) is 4.67. The monoisotopic (exact) mass is 221 g/mol. The lowest BCUT2D eigenvalue weighted by atomic mass is 10.1. The predicted molar refractivity (Wildman–Crippen MR) is 58.1 cm³/mol. The van der Waals surface area contributed by atoms with Crippen LogP contribution in [-0.2, 0) is 11.4 Å². The smallest absolute Gasteiger partial charge is 0.161 e. The number of hydrogen-bond donors (Lipinski definition) is 1. The molecule has 1 saturated carbocycles. The van der Waals surface area contributed by atoms with E-state index in [1.807, 2.05) is 18.2 Å². The summed E-state index contributed by atoms with van der Waals surface area (Å²) in [5, 5.41) is 0. The average Bonchev–Trinajstić information content (AvgIpc) is 3.08. The number of rotatable bonds is 2. The first kappa shape index (κ1) is 9.93. The first-order valence-electron chi connectivity index (χ1n) is 5.52. The zero-order valence-electron chi connectivity index (χ0n) is 9.07. The summed E-state index contributed by atoms with van der Waals surface area (Å²) < 4.78 is 11.6. The zero-order valence-corrected chi connectivity index (χ0v) is 9.07. The Morgan fingerprint density at radius 3 is 2.62 bits per heavy atom. The van der Waals surface area contributed by atoms with Crippen molar-refractivity contribution in [3.05, 3.63) is 23.8 Å². The zero-order chi connectivity index (χ0) is 11.0. The molecule has 16 heavy (non-hydrogen) atoms. The van der Waals surface area contributed by atoms with Crippen LogP contribution >= 0.6 is 0 Å². The molecule has 1 fully saturated rings. The molecule has 86 valence electrons. The Morgan fingerprint density at radius 2 is 1.94 bits per heavy atom. The van der Waals surface area contributed by atoms with E-state index in [1.54, 1.807) is 0 Å². The second-order valence-corrected chi connectivity index (χ2v) is 4.67. The summed E-state index contributed by atoms with van der Waals surface area (Å²) in [7, 11) is 0. The minimum Gasteiger partial charge on any atom is -0.489 e. The van der Waals surface area contributed by atoms with E-state index >= 15 is 0 Å². The van der Waals surface area contributed by atoms with Gasteiger partial charge in [-0.2, -0.15) is 0 Å². The van der Waals surface area contributed by atoms with Gasteiger partial charge in [0, 0.05) is 5.41 Å². The van der Waals surface area contributed by atoms with Gasteiger partial charge in [-0.3, -0.25) is 4.84 Å². The number of nitrogens with two attached hydrogens (primary N) is 1. The van der Waals surface area contributed by atoms with Gasteiger partial charge in [0.25, 0.3) is 0 Å². The van der Waals surface area contributed by atoms with Crippen LogP contribution in [0.2, 0.25) is 0 Å². The molecule has 0 unspecified atom stereocenters. The Kier molecular flexibility index (Phi) is 2.26. The van der Waals surface area contributed by atoms with Crippen molar-refractivity contribution < 1.29 is 14.3 Å². The van der Waals surface area contributed by atoms with Gasteiger partial charge >= 0.3 is 0 Å². The van der Waals surface area contributed by atoms with Crippen molar-refractivity contribution in [3.8, 4) is 11.5 Å². The Labute approximate surface area is 94.2 Å². The third-order valence-electron chi connectivity index (χ3n) is 3.28. The Morgan fingerprint density at radius 1 is 1.19 bits per heavy atom. The fourth-order valence-electron chi connectivity index (χ4n) is 1.94. The van der Waals surface area contributed by atoms with Crippen LogP contribution in [0.3, 0.4) is 0 Å². The fraction of sp³-hybridized carbons (Fsp3) is 0.500. The Balaban J connectivity index is 1.83. The minimum atomic E-state index is 0.281. The summed E-state index contributed by atoms with van der Waals surface area (Å²) in [6.45, 7) is 1.92. The van der Waals surface area contributed by atoms with E-state index < -0.39 is 0 Å². The number of benzene rings is 1. The Bertz CT molecular complexity index is 401. The molecule has 2 aliphatic rings. The maximum Gasteiger partial charge on any atom is 0.161 e. The Hall–Kier alpha value is -1.26. The van der Waals surface area contributed by atoms with Crippen LogP contribution < -0.4 is 15.4 Å². The van der Waals surface area contributed by atoms with Gasteiger partial charge in [-0.15, -0.1) is 0 Å². The SMILES string of the molecule is NOCc1ccc2c(c1)OCC1(CC1)CO2. The van der Waals surface area contributed by atoms with Crippen molar-refractivity contribution >= 4 is 0 Å². The largest absolute Gasteiger partial charge is 0.489 e. The molecule has 4 heteroatoms. The molecule has 0 amide bonds. The fourth-order valence-corrected chi connectivity index (χ4v) is 1.94. The molecular weight excluding hydrogens is 206 g/mol. The van der Waals surface area contributed by atoms with E-state index in [-0.39, 0.29) is 5.41 Å². The highest BCUT2D eigenvalue weighted by atomic mass is 16.6. The molecule has 0 atom stereocenters. The van der Waals surface area contributed by atoms with Gasteiger partial charge in [-0.25, -0.2) is 5.90 Å². The molecule has 1 aliphatic heterocycles. The lowest BCUT2D eigenvalue weighted by molar-refractivity contribution is 0.124. The van der Waals surface area contributed by atoms with Crippen molar-refractivity contribution in [2.24, 2.45) is 11.3 Å². The van der Waals surface area contributed by atoms with Crippen LogP contribution in [0.4, 0.5) is 0 Å². The molecule has 4 nitrogen and oxygen atoms in total. The van der Waals surface area contributed by atoms with Crippen LogP contribution in [0.15, 0.2) is 18.2 Å². The van der Waals surface area contributed by atoms with Crippen LogP contribution in [0, 0.1) is 5.41 Å². The number of fused-ring (bicyclic) bond motifs is 1. The topological polar surface area (TPSA) is 53.7 Å². The van der Waals surface area contributed by atoms with Crippen LogP contribution in [-0.4, -0.2) is 13.2 Å². The first-order valence-corrected chi connectivity index (χ1v) is 5.52. The van der Waals surface area contributed by atoms with Gasteiger partial charge in [0.2, 0.25) is 0 Å². The lowest BCUT2D eigenvalue weighted by Crippen LogP contribution is -2.17. The molecule has 1 aliphatic carbocycles. The summed E-state index contributed by atoms with van der Waals surface area (Å²) >= 11 is 0. The summed E-state index contributed by atoms with van der Waals surface area (Å²) in [4.78, 5) is 4.61.